The predicted molar refractivity (Wildman–Crippen MR) is 125 cm³/mol. The van der Waals surface area contributed by atoms with E-state index in [1.54, 1.807) is 0 Å². The first-order valence-corrected chi connectivity index (χ1v) is 11.8. The summed E-state index contributed by atoms with van der Waals surface area (Å²) in [7, 11) is 0. The summed E-state index contributed by atoms with van der Waals surface area (Å²) in [6.45, 7) is 7.82. The fourth-order valence-electron chi connectivity index (χ4n) is 5.00. The van der Waals surface area contributed by atoms with Gasteiger partial charge < -0.3 is 0 Å². The van der Waals surface area contributed by atoms with E-state index in [1.165, 1.54) is 54.5 Å². The highest BCUT2D eigenvalue weighted by Gasteiger charge is 2.24. The minimum Gasteiger partial charge on any atom is -0.268 e. The van der Waals surface area contributed by atoms with Crippen molar-refractivity contribution < 1.29 is 0 Å². The zero-order valence-corrected chi connectivity index (χ0v) is 18.8. The molecule has 0 aliphatic heterocycles. The Balaban J connectivity index is 1.75. The van der Waals surface area contributed by atoms with Crippen molar-refractivity contribution in [1.29, 1.82) is 0 Å². The van der Waals surface area contributed by atoms with E-state index in [9.17, 15) is 0 Å². The van der Waals surface area contributed by atoms with E-state index in [-0.39, 0.29) is 0 Å². The Kier molecular flexibility index (Phi) is 6.66. The molecule has 2 heterocycles. The summed E-state index contributed by atoms with van der Waals surface area (Å²) in [6, 6.07) is 15.1. The molecule has 4 rings (SSSR count). The Labute approximate surface area is 181 Å². The van der Waals surface area contributed by atoms with Crippen LogP contribution < -0.4 is 0 Å². The molecule has 0 amide bonds. The SMILES string of the molecule is CCc1cc(-c2c(-c3ccccc3)nn(CC3CCC(CC)CC3)c2CC)ccn1. The molecule has 1 saturated carbocycles. The van der Waals surface area contributed by atoms with Gasteiger partial charge >= 0.3 is 0 Å². The first kappa shape index (κ1) is 20.8. The Morgan fingerprint density at radius 1 is 0.867 bits per heavy atom. The third kappa shape index (κ3) is 4.35. The van der Waals surface area contributed by atoms with E-state index < -0.39 is 0 Å². The van der Waals surface area contributed by atoms with Crippen molar-refractivity contribution in [2.24, 2.45) is 11.8 Å². The Hall–Kier alpha value is -2.42. The molecule has 1 aliphatic rings. The fraction of sp³-hybridized carbons (Fsp3) is 0.481. The maximum absolute atomic E-state index is 5.21. The second kappa shape index (κ2) is 9.59. The van der Waals surface area contributed by atoms with Crippen LogP contribution in [0.3, 0.4) is 0 Å². The average Bonchev–Trinajstić information content (AvgIpc) is 3.18. The molecule has 3 aromatic rings. The zero-order valence-electron chi connectivity index (χ0n) is 18.8. The van der Waals surface area contributed by atoms with Crippen LogP contribution in [0.1, 0.15) is 64.3 Å². The first-order chi connectivity index (χ1) is 14.7. The van der Waals surface area contributed by atoms with Gasteiger partial charge in [-0.15, -0.1) is 0 Å². The van der Waals surface area contributed by atoms with Crippen LogP contribution in [-0.2, 0) is 19.4 Å². The lowest BCUT2D eigenvalue weighted by atomic mass is 9.81. The minimum atomic E-state index is 0.748. The average molecular weight is 402 g/mol. The van der Waals surface area contributed by atoms with Crippen molar-refractivity contribution in [3.8, 4) is 22.4 Å². The number of hydrogen-bond acceptors (Lipinski definition) is 2. The van der Waals surface area contributed by atoms with Gasteiger partial charge in [0.15, 0.2) is 0 Å². The van der Waals surface area contributed by atoms with Gasteiger partial charge in [0.25, 0.3) is 0 Å². The second-order valence-electron chi connectivity index (χ2n) is 8.76. The summed E-state index contributed by atoms with van der Waals surface area (Å²) in [5.74, 6) is 1.68. The van der Waals surface area contributed by atoms with Crippen LogP contribution in [-0.4, -0.2) is 14.8 Å². The van der Waals surface area contributed by atoms with E-state index in [0.29, 0.717) is 0 Å². The molecule has 0 spiro atoms. The Morgan fingerprint density at radius 3 is 2.27 bits per heavy atom. The Morgan fingerprint density at radius 2 is 1.60 bits per heavy atom. The van der Waals surface area contributed by atoms with Gasteiger partial charge in [0, 0.05) is 35.3 Å². The maximum atomic E-state index is 5.21. The molecule has 0 atom stereocenters. The summed E-state index contributed by atoms with van der Waals surface area (Å²) in [6.07, 6.45) is 10.7. The number of aryl methyl sites for hydroxylation is 1. The number of aromatic nitrogens is 3. The van der Waals surface area contributed by atoms with Gasteiger partial charge in [-0.25, -0.2) is 0 Å². The monoisotopic (exact) mass is 401 g/mol. The van der Waals surface area contributed by atoms with Gasteiger partial charge in [0.05, 0.1) is 0 Å². The molecule has 3 nitrogen and oxygen atoms in total. The molecule has 158 valence electrons. The second-order valence-corrected chi connectivity index (χ2v) is 8.76. The lowest BCUT2D eigenvalue weighted by Crippen LogP contribution is -2.20. The standard InChI is InChI=1S/C27H35N3/c1-4-20-12-14-21(15-13-20)19-30-25(6-3)26(23-16-17-28-24(5-2)18-23)27(29-30)22-10-8-7-9-11-22/h7-11,16-18,20-21H,4-6,12-15,19H2,1-3H3. The maximum Gasteiger partial charge on any atom is 0.100 e. The molecular weight excluding hydrogens is 366 g/mol. The third-order valence-corrected chi connectivity index (χ3v) is 6.88. The Bertz CT molecular complexity index is 949. The lowest BCUT2D eigenvalue weighted by molar-refractivity contribution is 0.240. The van der Waals surface area contributed by atoms with Crippen LogP contribution in [0, 0.1) is 11.8 Å². The van der Waals surface area contributed by atoms with Gasteiger partial charge in [-0.1, -0.05) is 70.4 Å². The molecule has 1 aromatic carbocycles. The topological polar surface area (TPSA) is 30.7 Å². The molecule has 0 saturated heterocycles. The molecule has 3 heteroatoms. The largest absolute Gasteiger partial charge is 0.268 e. The van der Waals surface area contributed by atoms with E-state index in [2.05, 4.69) is 72.9 Å². The normalized spacial score (nSPS) is 19.2. The van der Waals surface area contributed by atoms with Gasteiger partial charge in [0.2, 0.25) is 0 Å². The van der Waals surface area contributed by atoms with Crippen LogP contribution in [0.2, 0.25) is 0 Å². The highest BCUT2D eigenvalue weighted by atomic mass is 15.3. The van der Waals surface area contributed by atoms with Crippen LogP contribution in [0.5, 0.6) is 0 Å². The molecule has 0 N–H and O–H groups in total. The summed E-state index contributed by atoms with van der Waals surface area (Å²) in [5.41, 5.74) is 7.36. The molecule has 1 aliphatic carbocycles. The van der Waals surface area contributed by atoms with Crippen LogP contribution >= 0.6 is 0 Å². The molecule has 0 unspecified atom stereocenters. The number of pyridine rings is 1. The number of hydrogen-bond donors (Lipinski definition) is 0. The fourth-order valence-corrected chi connectivity index (χ4v) is 5.00. The lowest BCUT2D eigenvalue weighted by Gasteiger charge is -2.28. The number of nitrogens with zero attached hydrogens (tertiary/aromatic N) is 3. The summed E-state index contributed by atoms with van der Waals surface area (Å²) in [5, 5.41) is 5.21. The van der Waals surface area contributed by atoms with Gasteiger partial charge in [-0.3, -0.25) is 9.67 Å². The van der Waals surface area contributed by atoms with E-state index in [1.807, 2.05) is 6.20 Å². The molecule has 0 radical (unpaired) electrons. The van der Waals surface area contributed by atoms with E-state index >= 15 is 0 Å². The van der Waals surface area contributed by atoms with Crippen molar-refractivity contribution in [2.45, 2.75) is 72.3 Å². The van der Waals surface area contributed by atoms with E-state index in [0.717, 1.165) is 42.6 Å². The van der Waals surface area contributed by atoms with Crippen LogP contribution in [0.25, 0.3) is 22.4 Å². The quantitative estimate of drug-likeness (QED) is 0.429. The van der Waals surface area contributed by atoms with Gasteiger partial charge in [-0.05, 0) is 55.2 Å². The first-order valence-electron chi connectivity index (χ1n) is 11.8. The van der Waals surface area contributed by atoms with Crippen LogP contribution in [0.4, 0.5) is 0 Å². The van der Waals surface area contributed by atoms with Crippen molar-refractivity contribution in [2.75, 3.05) is 0 Å². The van der Waals surface area contributed by atoms with Crippen molar-refractivity contribution in [1.82, 2.24) is 14.8 Å². The molecule has 30 heavy (non-hydrogen) atoms. The predicted octanol–water partition coefficient (Wildman–Crippen LogP) is 6.95. The molecular formula is C27H35N3. The highest BCUT2D eigenvalue weighted by molar-refractivity contribution is 5.82. The van der Waals surface area contributed by atoms with Crippen molar-refractivity contribution in [3.63, 3.8) is 0 Å². The van der Waals surface area contributed by atoms with Crippen LogP contribution in [0.15, 0.2) is 48.7 Å². The minimum absolute atomic E-state index is 0.748. The summed E-state index contributed by atoms with van der Waals surface area (Å²) in [4.78, 5) is 4.53. The molecule has 1 fully saturated rings. The van der Waals surface area contributed by atoms with Crippen molar-refractivity contribution in [3.05, 3.63) is 60.0 Å². The molecule has 2 aromatic heterocycles. The van der Waals surface area contributed by atoms with Crippen molar-refractivity contribution >= 4 is 0 Å². The van der Waals surface area contributed by atoms with Gasteiger partial charge in [-0.2, -0.15) is 5.10 Å². The molecule has 0 bridgehead atoms. The summed E-state index contributed by atoms with van der Waals surface area (Å²) >= 11 is 0. The highest BCUT2D eigenvalue weighted by Crippen LogP contribution is 2.37. The third-order valence-electron chi connectivity index (χ3n) is 6.88. The number of rotatable bonds is 7. The zero-order chi connectivity index (χ0) is 20.9. The van der Waals surface area contributed by atoms with Gasteiger partial charge in [0.1, 0.15) is 5.69 Å². The summed E-state index contributed by atoms with van der Waals surface area (Å²) < 4.78 is 2.33. The van der Waals surface area contributed by atoms with E-state index in [4.69, 9.17) is 5.10 Å². The smallest absolute Gasteiger partial charge is 0.100 e. The number of benzene rings is 1.